The highest BCUT2D eigenvalue weighted by molar-refractivity contribution is 6.06. The Kier molecular flexibility index (Phi) is 6.69. The van der Waals surface area contributed by atoms with Gasteiger partial charge in [0.25, 0.3) is 11.8 Å². The van der Waals surface area contributed by atoms with E-state index in [1.807, 2.05) is 0 Å². The number of hydrogen-bond donors (Lipinski definition) is 3. The van der Waals surface area contributed by atoms with Crippen molar-refractivity contribution in [3.8, 4) is 17.2 Å². The Morgan fingerprint density at radius 1 is 1.06 bits per heavy atom. The molecule has 1 aliphatic carbocycles. The van der Waals surface area contributed by atoms with Gasteiger partial charge in [-0.05, 0) is 54.7 Å². The molecule has 0 unspecified atom stereocenters. The van der Waals surface area contributed by atoms with E-state index in [0.29, 0.717) is 18.9 Å². The fourth-order valence-electron chi connectivity index (χ4n) is 3.50. The van der Waals surface area contributed by atoms with Crippen molar-refractivity contribution in [1.29, 1.82) is 0 Å². The summed E-state index contributed by atoms with van der Waals surface area (Å²) in [7, 11) is 0. The summed E-state index contributed by atoms with van der Waals surface area (Å²) in [4.78, 5) is 38.1. The van der Waals surface area contributed by atoms with Crippen molar-refractivity contribution in [2.75, 3.05) is 11.9 Å². The molecule has 0 atom stereocenters. The van der Waals surface area contributed by atoms with Gasteiger partial charge in [-0.25, -0.2) is 4.39 Å². The molecule has 0 saturated heterocycles. The van der Waals surface area contributed by atoms with E-state index in [-0.39, 0.29) is 34.4 Å². The molecule has 0 radical (unpaired) electrons. The maximum atomic E-state index is 13.9. The number of anilines is 1. The van der Waals surface area contributed by atoms with Gasteiger partial charge in [0.05, 0.1) is 11.1 Å². The van der Waals surface area contributed by atoms with E-state index >= 15 is 0 Å². The van der Waals surface area contributed by atoms with E-state index in [0.717, 1.165) is 30.3 Å². The molecule has 12 heteroatoms. The third-order valence-corrected chi connectivity index (χ3v) is 5.25. The Hall–Kier alpha value is -4.35. The topological polar surface area (TPSA) is 124 Å². The lowest BCUT2D eigenvalue weighted by molar-refractivity contribution is -0.138. The molecule has 0 bridgehead atoms. The van der Waals surface area contributed by atoms with E-state index < -0.39 is 47.1 Å². The van der Waals surface area contributed by atoms with Crippen LogP contribution in [0.2, 0.25) is 0 Å². The predicted molar refractivity (Wildman–Crippen MR) is 120 cm³/mol. The molecule has 8 nitrogen and oxygen atoms in total. The van der Waals surface area contributed by atoms with Crippen molar-refractivity contribution < 1.29 is 36.6 Å². The molecule has 188 valence electrons. The minimum atomic E-state index is -4.75. The Bertz CT molecular complexity index is 1380. The van der Waals surface area contributed by atoms with Crippen LogP contribution in [0.4, 0.5) is 23.2 Å². The van der Waals surface area contributed by atoms with Crippen LogP contribution in [-0.4, -0.2) is 23.4 Å². The highest BCUT2D eigenvalue weighted by Gasteiger charge is 2.40. The van der Waals surface area contributed by atoms with Crippen LogP contribution in [-0.2, 0) is 11.0 Å². The number of carbonyl (C=O) groups is 2. The van der Waals surface area contributed by atoms with E-state index in [1.54, 1.807) is 0 Å². The lowest BCUT2D eigenvalue weighted by Gasteiger charge is -2.19. The molecule has 36 heavy (non-hydrogen) atoms. The number of halogens is 4. The first-order valence-corrected chi connectivity index (χ1v) is 10.6. The zero-order chi connectivity index (χ0) is 26.0. The van der Waals surface area contributed by atoms with Crippen molar-refractivity contribution in [1.82, 2.24) is 4.98 Å². The van der Waals surface area contributed by atoms with Crippen LogP contribution in [0.3, 0.4) is 0 Å². The minimum absolute atomic E-state index is 0.0433. The van der Waals surface area contributed by atoms with Crippen LogP contribution in [0.5, 0.6) is 17.2 Å². The number of amides is 2. The van der Waals surface area contributed by atoms with Gasteiger partial charge in [-0.1, -0.05) is 0 Å². The number of rotatable bonds is 8. The van der Waals surface area contributed by atoms with Gasteiger partial charge in [0.1, 0.15) is 11.6 Å². The summed E-state index contributed by atoms with van der Waals surface area (Å²) < 4.78 is 66.4. The molecule has 2 aromatic carbocycles. The number of hydrogen-bond acceptors (Lipinski definition) is 5. The molecular formula is C24H19F4N3O5. The Balaban J connectivity index is 1.80. The van der Waals surface area contributed by atoms with Crippen LogP contribution in [0.15, 0.2) is 53.5 Å². The normalized spacial score (nSPS) is 13.2. The molecule has 0 aliphatic heterocycles. The highest BCUT2D eigenvalue weighted by atomic mass is 19.4. The van der Waals surface area contributed by atoms with Gasteiger partial charge in [0.2, 0.25) is 5.56 Å². The van der Waals surface area contributed by atoms with Gasteiger partial charge in [0, 0.05) is 24.0 Å². The summed E-state index contributed by atoms with van der Waals surface area (Å²) in [6.07, 6.45) is -2.43. The summed E-state index contributed by atoms with van der Waals surface area (Å²) in [5.41, 5.74) is 3.05. The number of nitrogens with two attached hydrogens (primary N) is 1. The Morgan fingerprint density at radius 2 is 1.81 bits per heavy atom. The monoisotopic (exact) mass is 505 g/mol. The third kappa shape index (κ3) is 5.82. The van der Waals surface area contributed by atoms with Gasteiger partial charge < -0.3 is 25.5 Å². The standard InChI is InChI=1S/C24H19F4N3O5/c25-13-3-4-18(20(7-13)35-11-21(29)32)36-19-10-15(12-1-2-12)17(24(26,27)28)9-16(19)23(34)31-14-5-6-30-22(33)8-14/h3-10,12H,1-2,11H2,(H2,29,32)(H2,30,31,33,34). The van der Waals surface area contributed by atoms with Crippen LogP contribution in [0, 0.1) is 5.82 Å². The SMILES string of the molecule is NC(=O)COc1cc(F)ccc1Oc1cc(C2CC2)c(C(F)(F)F)cc1C(=O)Nc1cc[nH]c(=O)c1. The summed E-state index contributed by atoms with van der Waals surface area (Å²) in [5.74, 6) is -3.61. The van der Waals surface area contributed by atoms with Crippen molar-refractivity contribution in [3.05, 3.63) is 81.5 Å². The van der Waals surface area contributed by atoms with Gasteiger partial charge in [-0.2, -0.15) is 13.2 Å². The summed E-state index contributed by atoms with van der Waals surface area (Å²) in [5, 5.41) is 2.37. The average Bonchev–Trinajstić information content (AvgIpc) is 3.63. The number of aromatic amines is 1. The summed E-state index contributed by atoms with van der Waals surface area (Å²) in [6.45, 7) is -0.615. The first-order chi connectivity index (χ1) is 17.0. The summed E-state index contributed by atoms with van der Waals surface area (Å²) >= 11 is 0. The van der Waals surface area contributed by atoms with Crippen molar-refractivity contribution in [2.24, 2.45) is 5.73 Å². The molecule has 1 aliphatic rings. The fraction of sp³-hybridized carbons (Fsp3) is 0.208. The lowest BCUT2D eigenvalue weighted by atomic mass is 9.98. The first kappa shape index (κ1) is 24.8. The fourth-order valence-corrected chi connectivity index (χ4v) is 3.50. The number of aromatic nitrogens is 1. The van der Waals surface area contributed by atoms with E-state index in [9.17, 15) is 31.9 Å². The minimum Gasteiger partial charge on any atom is -0.480 e. The summed E-state index contributed by atoms with van der Waals surface area (Å²) in [6, 6.07) is 7.25. The molecule has 1 aromatic heterocycles. The molecule has 1 heterocycles. The zero-order valence-electron chi connectivity index (χ0n) is 18.4. The number of primary amides is 1. The lowest BCUT2D eigenvalue weighted by Crippen LogP contribution is -2.20. The van der Waals surface area contributed by atoms with Crippen LogP contribution < -0.4 is 26.1 Å². The van der Waals surface area contributed by atoms with Crippen molar-refractivity contribution >= 4 is 17.5 Å². The van der Waals surface area contributed by atoms with Crippen LogP contribution >= 0.6 is 0 Å². The number of nitrogens with one attached hydrogen (secondary N) is 2. The number of ether oxygens (including phenoxy) is 2. The molecule has 1 fully saturated rings. The van der Waals surface area contributed by atoms with Crippen molar-refractivity contribution in [2.45, 2.75) is 24.9 Å². The largest absolute Gasteiger partial charge is 0.480 e. The molecule has 3 aromatic rings. The second-order valence-corrected chi connectivity index (χ2v) is 8.05. The molecule has 2 amide bonds. The first-order valence-electron chi connectivity index (χ1n) is 10.6. The van der Waals surface area contributed by atoms with E-state index in [4.69, 9.17) is 15.2 Å². The van der Waals surface area contributed by atoms with Gasteiger partial charge >= 0.3 is 6.18 Å². The average molecular weight is 505 g/mol. The quantitative estimate of drug-likeness (QED) is 0.394. The van der Waals surface area contributed by atoms with Crippen LogP contribution in [0.25, 0.3) is 0 Å². The molecule has 4 rings (SSSR count). The number of benzene rings is 2. The van der Waals surface area contributed by atoms with E-state index in [2.05, 4.69) is 10.3 Å². The van der Waals surface area contributed by atoms with Gasteiger partial charge in [0.15, 0.2) is 18.1 Å². The van der Waals surface area contributed by atoms with Crippen molar-refractivity contribution in [3.63, 3.8) is 0 Å². The Morgan fingerprint density at radius 3 is 2.44 bits per heavy atom. The zero-order valence-corrected chi connectivity index (χ0v) is 18.4. The van der Waals surface area contributed by atoms with E-state index in [1.165, 1.54) is 12.3 Å². The molecule has 4 N–H and O–H groups in total. The number of alkyl halides is 3. The second kappa shape index (κ2) is 9.72. The number of H-pyrrole nitrogens is 1. The predicted octanol–water partition coefficient (Wildman–Crippen LogP) is 4.32. The Labute approximate surface area is 201 Å². The number of carbonyl (C=O) groups excluding carboxylic acids is 2. The smallest absolute Gasteiger partial charge is 0.416 e. The maximum absolute atomic E-state index is 13.9. The molecule has 1 saturated carbocycles. The number of pyridine rings is 1. The van der Waals surface area contributed by atoms with Gasteiger partial charge in [-0.3, -0.25) is 14.4 Å². The maximum Gasteiger partial charge on any atom is 0.416 e. The highest BCUT2D eigenvalue weighted by Crippen LogP contribution is 2.48. The van der Waals surface area contributed by atoms with Gasteiger partial charge in [-0.15, -0.1) is 0 Å². The molecular weight excluding hydrogens is 486 g/mol. The van der Waals surface area contributed by atoms with Crippen LogP contribution in [0.1, 0.15) is 40.2 Å². The third-order valence-electron chi connectivity index (χ3n) is 5.25. The molecule has 0 spiro atoms. The second-order valence-electron chi connectivity index (χ2n) is 8.05.